The first-order valence-corrected chi connectivity index (χ1v) is 8.89. The summed E-state index contributed by atoms with van der Waals surface area (Å²) >= 11 is 0. The van der Waals surface area contributed by atoms with Crippen molar-refractivity contribution < 1.29 is 19.1 Å². The summed E-state index contributed by atoms with van der Waals surface area (Å²) in [4.78, 5) is 23.8. The van der Waals surface area contributed by atoms with Gasteiger partial charge in [-0.05, 0) is 17.7 Å². The van der Waals surface area contributed by atoms with E-state index >= 15 is 0 Å². The Morgan fingerprint density at radius 3 is 2.86 bits per heavy atom. The van der Waals surface area contributed by atoms with Gasteiger partial charge in [0.1, 0.15) is 18.1 Å². The molecule has 0 radical (unpaired) electrons. The van der Waals surface area contributed by atoms with Crippen molar-refractivity contribution in [3.05, 3.63) is 71.4 Å². The number of aromatic nitrogens is 2. The number of fused-ring (bicyclic) bond motifs is 1. The molecule has 28 heavy (non-hydrogen) atoms. The van der Waals surface area contributed by atoms with Gasteiger partial charge < -0.3 is 14.8 Å². The molecule has 7 heteroatoms. The molecule has 0 spiro atoms. The highest BCUT2D eigenvalue weighted by Crippen LogP contribution is 2.37. The molecule has 3 aromatic rings. The Morgan fingerprint density at radius 1 is 1.32 bits per heavy atom. The van der Waals surface area contributed by atoms with Gasteiger partial charge in [-0.15, -0.1) is 0 Å². The van der Waals surface area contributed by atoms with Crippen molar-refractivity contribution >= 4 is 18.0 Å². The monoisotopic (exact) mass is 377 g/mol. The van der Waals surface area contributed by atoms with Gasteiger partial charge in [0.25, 0.3) is 5.91 Å². The van der Waals surface area contributed by atoms with Gasteiger partial charge in [0.2, 0.25) is 0 Å². The summed E-state index contributed by atoms with van der Waals surface area (Å²) in [5.74, 6) is 1.15. The van der Waals surface area contributed by atoms with Gasteiger partial charge in [-0.2, -0.15) is 5.10 Å². The molecule has 142 valence electrons. The van der Waals surface area contributed by atoms with Crippen LogP contribution in [0.2, 0.25) is 0 Å². The number of nitrogens with one attached hydrogen (secondary N) is 1. The van der Waals surface area contributed by atoms with E-state index in [2.05, 4.69) is 10.4 Å². The van der Waals surface area contributed by atoms with E-state index in [4.69, 9.17) is 9.47 Å². The van der Waals surface area contributed by atoms with Crippen LogP contribution in [-0.2, 0) is 24.9 Å². The summed E-state index contributed by atoms with van der Waals surface area (Å²) in [7, 11) is 1.77. The second-order valence-corrected chi connectivity index (χ2v) is 6.55. The highest BCUT2D eigenvalue weighted by Gasteiger charge is 2.28. The predicted molar refractivity (Wildman–Crippen MR) is 103 cm³/mol. The lowest BCUT2D eigenvalue weighted by Crippen LogP contribution is -2.14. The number of amides is 1. The molecule has 1 aliphatic rings. The highest BCUT2D eigenvalue weighted by atomic mass is 16.5. The van der Waals surface area contributed by atoms with Crippen LogP contribution in [0.25, 0.3) is 0 Å². The van der Waals surface area contributed by atoms with Crippen LogP contribution in [0, 0.1) is 0 Å². The first-order valence-electron chi connectivity index (χ1n) is 8.89. The maximum atomic E-state index is 12.7. The maximum Gasteiger partial charge on any atom is 0.257 e. The lowest BCUT2D eigenvalue weighted by atomic mass is 10.1. The van der Waals surface area contributed by atoms with Crippen molar-refractivity contribution in [2.75, 3.05) is 5.32 Å². The smallest absolute Gasteiger partial charge is 0.257 e. The van der Waals surface area contributed by atoms with Crippen molar-refractivity contribution in [3.63, 3.8) is 0 Å². The Kier molecular flexibility index (Phi) is 4.80. The molecule has 2 aromatic carbocycles. The minimum Gasteiger partial charge on any atom is -0.488 e. The van der Waals surface area contributed by atoms with Gasteiger partial charge in [-0.1, -0.05) is 30.3 Å². The second kappa shape index (κ2) is 7.56. The number of rotatable bonds is 6. The lowest BCUT2D eigenvalue weighted by molar-refractivity contribution is -0.113. The zero-order valence-corrected chi connectivity index (χ0v) is 15.3. The van der Waals surface area contributed by atoms with E-state index in [1.807, 2.05) is 30.3 Å². The highest BCUT2D eigenvalue weighted by molar-refractivity contribution is 6.04. The van der Waals surface area contributed by atoms with E-state index in [0.717, 1.165) is 17.4 Å². The molecule has 0 saturated heterocycles. The molecule has 1 aromatic heterocycles. The number of aldehydes is 1. The van der Waals surface area contributed by atoms with Gasteiger partial charge in [-0.25, -0.2) is 0 Å². The van der Waals surface area contributed by atoms with Crippen LogP contribution in [0.5, 0.6) is 11.5 Å². The quantitative estimate of drug-likeness (QED) is 0.668. The van der Waals surface area contributed by atoms with Gasteiger partial charge >= 0.3 is 0 Å². The summed E-state index contributed by atoms with van der Waals surface area (Å²) in [6.07, 6.45) is 2.35. The van der Waals surface area contributed by atoms with Crippen LogP contribution in [0.1, 0.15) is 21.5 Å². The summed E-state index contributed by atoms with van der Waals surface area (Å²) < 4.78 is 13.2. The third-order valence-electron chi connectivity index (χ3n) is 4.46. The number of benzene rings is 2. The minimum atomic E-state index is -0.567. The third-order valence-corrected chi connectivity index (χ3v) is 4.46. The normalized spacial score (nSPS) is 14.8. The molecule has 0 saturated carbocycles. The van der Waals surface area contributed by atoms with Crippen molar-refractivity contribution in [3.8, 4) is 11.5 Å². The fraction of sp³-hybridized carbons (Fsp3) is 0.190. The molecule has 1 atom stereocenters. The molecule has 4 rings (SSSR count). The molecule has 1 N–H and O–H groups in total. The molecule has 1 unspecified atom stereocenters. The lowest BCUT2D eigenvalue weighted by Gasteiger charge is -2.12. The zero-order chi connectivity index (χ0) is 19.5. The SMILES string of the molecule is Cn1ccc(NC(=O)c2cc(OCc3ccccc3)c3c(c2)OC(C=O)C3)n1. The number of carbonyl (C=O) groups excluding carboxylic acids is 2. The van der Waals surface area contributed by atoms with Crippen LogP contribution < -0.4 is 14.8 Å². The molecule has 2 heterocycles. The van der Waals surface area contributed by atoms with Crippen LogP contribution in [0.3, 0.4) is 0 Å². The predicted octanol–water partition coefficient (Wildman–Crippen LogP) is 2.75. The fourth-order valence-corrected chi connectivity index (χ4v) is 3.07. The molecule has 1 amide bonds. The summed E-state index contributed by atoms with van der Waals surface area (Å²) in [6.45, 7) is 0.352. The Labute approximate surface area is 161 Å². The van der Waals surface area contributed by atoms with Crippen LogP contribution in [0.4, 0.5) is 5.82 Å². The van der Waals surface area contributed by atoms with E-state index in [1.165, 1.54) is 0 Å². The number of carbonyl (C=O) groups is 2. The number of nitrogens with zero attached hydrogens (tertiary/aromatic N) is 2. The average molecular weight is 377 g/mol. The van der Waals surface area contributed by atoms with E-state index in [1.54, 1.807) is 36.1 Å². The van der Waals surface area contributed by atoms with E-state index in [9.17, 15) is 9.59 Å². The zero-order valence-electron chi connectivity index (χ0n) is 15.3. The van der Waals surface area contributed by atoms with Gasteiger partial charge in [-0.3, -0.25) is 14.3 Å². The molecular weight excluding hydrogens is 358 g/mol. The van der Waals surface area contributed by atoms with E-state index < -0.39 is 6.10 Å². The third kappa shape index (κ3) is 3.73. The molecule has 7 nitrogen and oxygen atoms in total. The van der Waals surface area contributed by atoms with Gasteiger partial charge in [0.05, 0.1) is 0 Å². The first-order chi connectivity index (χ1) is 13.6. The molecule has 0 bridgehead atoms. The summed E-state index contributed by atoms with van der Waals surface area (Å²) in [5, 5.41) is 6.89. The maximum absolute atomic E-state index is 12.7. The fourth-order valence-electron chi connectivity index (χ4n) is 3.07. The Hall–Kier alpha value is -3.61. The Balaban J connectivity index is 1.60. The number of hydrogen-bond acceptors (Lipinski definition) is 5. The molecule has 0 aliphatic carbocycles. The average Bonchev–Trinajstić information content (AvgIpc) is 3.32. The van der Waals surface area contributed by atoms with Gasteiger partial charge in [0.15, 0.2) is 18.2 Å². The van der Waals surface area contributed by atoms with Crippen molar-refractivity contribution in [1.29, 1.82) is 0 Å². The van der Waals surface area contributed by atoms with Crippen molar-refractivity contribution in [2.24, 2.45) is 7.05 Å². The second-order valence-electron chi connectivity index (χ2n) is 6.55. The largest absolute Gasteiger partial charge is 0.488 e. The standard InChI is InChI=1S/C21H19N3O4/c1-24-8-7-20(23-24)22-21(26)15-9-18(27-13-14-5-3-2-4-6-14)17-11-16(12-25)28-19(17)10-15/h2-10,12,16H,11,13H2,1H3,(H,22,23,26). The number of aryl methyl sites for hydroxylation is 1. The first kappa shape index (κ1) is 17.8. The van der Waals surface area contributed by atoms with Crippen LogP contribution in [-0.4, -0.2) is 28.1 Å². The topological polar surface area (TPSA) is 82.5 Å². The minimum absolute atomic E-state index is 0.329. The van der Waals surface area contributed by atoms with Crippen molar-refractivity contribution in [2.45, 2.75) is 19.1 Å². The summed E-state index contributed by atoms with van der Waals surface area (Å²) in [5.41, 5.74) is 2.17. The number of hydrogen-bond donors (Lipinski definition) is 1. The Morgan fingerprint density at radius 2 is 2.14 bits per heavy atom. The van der Waals surface area contributed by atoms with E-state index in [-0.39, 0.29) is 5.91 Å². The number of anilines is 1. The molecular formula is C21H19N3O4. The van der Waals surface area contributed by atoms with Crippen molar-refractivity contribution in [1.82, 2.24) is 9.78 Å². The van der Waals surface area contributed by atoms with Crippen LogP contribution in [0.15, 0.2) is 54.7 Å². The van der Waals surface area contributed by atoms with Crippen LogP contribution >= 0.6 is 0 Å². The van der Waals surface area contributed by atoms with Gasteiger partial charge in [0, 0.05) is 36.9 Å². The molecule has 0 fully saturated rings. The number of ether oxygens (including phenoxy) is 2. The Bertz CT molecular complexity index is 1010. The van der Waals surface area contributed by atoms with E-state index in [0.29, 0.717) is 35.9 Å². The summed E-state index contributed by atoms with van der Waals surface area (Å²) in [6, 6.07) is 14.7. The molecule has 1 aliphatic heterocycles.